The van der Waals surface area contributed by atoms with Gasteiger partial charge in [-0.05, 0) is 0 Å². The van der Waals surface area contributed by atoms with E-state index in [4.69, 9.17) is 0 Å². The van der Waals surface area contributed by atoms with Gasteiger partial charge in [-0.3, -0.25) is 0 Å². The maximum absolute atomic E-state index is 2.54. The molecular formula is C32H29Cl2SiZr. The Kier molecular flexibility index (Phi) is 9.42. The molecule has 0 spiro atoms. The molecule has 179 valence electrons. The van der Waals surface area contributed by atoms with Crippen molar-refractivity contribution < 1.29 is 45.7 Å². The van der Waals surface area contributed by atoms with Crippen molar-refractivity contribution in [2.45, 2.75) is 24.9 Å². The van der Waals surface area contributed by atoms with Crippen molar-refractivity contribution >= 4 is 9.19 Å². The summed E-state index contributed by atoms with van der Waals surface area (Å²) >= 11 is -2.12. The summed E-state index contributed by atoms with van der Waals surface area (Å²) in [7, 11) is 0. The molecule has 2 aliphatic carbocycles. The molecule has 0 fully saturated rings. The van der Waals surface area contributed by atoms with Crippen LogP contribution in [0.25, 0.3) is 11.1 Å². The number of fused-ring (bicyclic) bond motifs is 3. The molecule has 0 aromatic heterocycles. The van der Waals surface area contributed by atoms with E-state index in [2.05, 4.69) is 121 Å². The fraction of sp³-hybridized carbons (Fsp3) is 0.125. The summed E-state index contributed by atoms with van der Waals surface area (Å²) in [5.41, 5.74) is 9.21. The average molecular weight is 604 g/mol. The Morgan fingerprint density at radius 2 is 1.25 bits per heavy atom. The fourth-order valence-corrected chi connectivity index (χ4v) is 29.8. The summed E-state index contributed by atoms with van der Waals surface area (Å²) < 4.78 is 3.60. The maximum atomic E-state index is 2.54. The molecule has 4 aromatic carbocycles. The summed E-state index contributed by atoms with van der Waals surface area (Å²) in [5, 5.41) is 0. The minimum atomic E-state index is -2.12. The summed E-state index contributed by atoms with van der Waals surface area (Å²) in [5.74, 6) is -1.13. The van der Waals surface area contributed by atoms with Crippen LogP contribution in [0.4, 0.5) is 0 Å². The van der Waals surface area contributed by atoms with Crippen LogP contribution < -0.4 is 28.1 Å². The Morgan fingerprint density at radius 3 is 1.89 bits per heavy atom. The third-order valence-electron chi connectivity index (χ3n) is 7.32. The number of hydrogen-bond donors (Lipinski definition) is 0. The molecule has 0 saturated heterocycles. The van der Waals surface area contributed by atoms with Crippen LogP contribution in [0, 0.1) is 0 Å². The monoisotopic (exact) mass is 601 g/mol. The third kappa shape index (κ3) is 5.63. The summed E-state index contributed by atoms with van der Waals surface area (Å²) in [4.78, 5) is 0. The predicted octanol–water partition coefficient (Wildman–Crippen LogP) is 0.641. The largest absolute Gasteiger partial charge is 1.00 e. The van der Waals surface area contributed by atoms with E-state index in [1.54, 1.807) is 8.83 Å². The van der Waals surface area contributed by atoms with Gasteiger partial charge in [0.2, 0.25) is 0 Å². The van der Waals surface area contributed by atoms with E-state index in [0.29, 0.717) is 0 Å². The Bertz CT molecular complexity index is 1320. The number of halogens is 2. The van der Waals surface area contributed by atoms with Crippen LogP contribution in [-0.2, 0) is 39.4 Å². The van der Waals surface area contributed by atoms with E-state index >= 15 is 0 Å². The first kappa shape index (κ1) is 27.1. The third-order valence-corrected chi connectivity index (χ3v) is 28.3. The second-order valence-electron chi connectivity index (χ2n) is 9.48. The first-order valence-electron chi connectivity index (χ1n) is 12.4. The van der Waals surface area contributed by atoms with Crippen LogP contribution in [0.1, 0.15) is 28.7 Å². The second-order valence-corrected chi connectivity index (χ2v) is 26.1. The molecule has 0 N–H and O–H groups in total. The van der Waals surface area contributed by atoms with Gasteiger partial charge in [-0.15, -0.1) is 0 Å². The van der Waals surface area contributed by atoms with Crippen molar-refractivity contribution in [3.63, 3.8) is 0 Å². The summed E-state index contributed by atoms with van der Waals surface area (Å²) in [6.07, 6.45) is 9.52. The zero-order valence-corrected chi connectivity index (χ0v) is 25.3. The van der Waals surface area contributed by atoms with E-state index in [-0.39, 0.29) is 24.8 Å². The van der Waals surface area contributed by atoms with Crippen LogP contribution in [0.5, 0.6) is 0 Å². The van der Waals surface area contributed by atoms with Crippen molar-refractivity contribution in [1.82, 2.24) is 0 Å². The van der Waals surface area contributed by atoms with Crippen molar-refractivity contribution in [2.75, 3.05) is 0 Å². The minimum Gasteiger partial charge on any atom is -1.00 e. The molecule has 4 heteroatoms. The quantitative estimate of drug-likeness (QED) is 0.240. The van der Waals surface area contributed by atoms with Crippen LogP contribution in [0.2, 0.25) is 0 Å². The SMILES string of the molecule is C1=CC[C]([Zr+2]([c]2cccc3c2Cc2ccccc2-3)[SiH](Cc2ccccc2)Cc2ccccc2)=C1.[Cl-].[Cl-]. The van der Waals surface area contributed by atoms with Gasteiger partial charge >= 0.3 is 213 Å². The van der Waals surface area contributed by atoms with E-state index in [1.165, 1.54) is 46.3 Å². The first-order valence-corrected chi connectivity index (χ1v) is 21.3. The standard InChI is InChI=1S/C14H15Si.C13H9.C5H5.2ClH.Zr/c1-3-7-13(8-4-1)11-15-12-14-9-5-2-6-10-14;1-3-7-12-10(5-1)9-11-6-2-4-8-13(11)12;1-2-4-5-3-1;;;/h1-10,15H,11-12H2;1-5,7-8H,9H2;1-3H,4H2;2*1H;/q;;;;;+2/p-2. The minimum absolute atomic E-state index is 0. The van der Waals surface area contributed by atoms with E-state index < -0.39 is 26.8 Å². The zero-order chi connectivity index (χ0) is 22.7. The second kappa shape index (κ2) is 12.5. The molecule has 0 unspecified atom stereocenters. The van der Waals surface area contributed by atoms with E-state index in [9.17, 15) is 0 Å². The van der Waals surface area contributed by atoms with E-state index in [1.807, 2.05) is 3.28 Å². The van der Waals surface area contributed by atoms with Gasteiger partial charge in [0.25, 0.3) is 0 Å². The van der Waals surface area contributed by atoms with Gasteiger partial charge in [0.1, 0.15) is 0 Å². The average Bonchev–Trinajstić information content (AvgIpc) is 3.54. The van der Waals surface area contributed by atoms with Crippen molar-refractivity contribution in [2.24, 2.45) is 0 Å². The van der Waals surface area contributed by atoms with Crippen LogP contribution in [0.3, 0.4) is 0 Å². The van der Waals surface area contributed by atoms with Gasteiger partial charge in [-0.1, -0.05) is 0 Å². The summed E-state index contributed by atoms with van der Waals surface area (Å²) in [6.45, 7) is 0. The van der Waals surface area contributed by atoms with Gasteiger partial charge in [0, 0.05) is 0 Å². The molecule has 0 amide bonds. The normalized spacial score (nSPS) is 12.9. The number of rotatable bonds is 7. The van der Waals surface area contributed by atoms with Gasteiger partial charge in [0.15, 0.2) is 0 Å². The fourth-order valence-electron chi connectivity index (χ4n) is 5.79. The molecular weight excluding hydrogens is 575 g/mol. The maximum Gasteiger partial charge on any atom is -1.00 e. The molecule has 0 saturated carbocycles. The molecule has 6 rings (SSSR count). The summed E-state index contributed by atoms with van der Waals surface area (Å²) in [6, 6.07) is 41.6. The smallest absolute Gasteiger partial charge is 1.00 e. The molecule has 0 aliphatic heterocycles. The predicted molar refractivity (Wildman–Crippen MR) is 144 cm³/mol. The molecule has 0 heterocycles. The molecule has 0 radical (unpaired) electrons. The number of allylic oxidation sites excluding steroid dienone is 4. The van der Waals surface area contributed by atoms with Gasteiger partial charge in [-0.2, -0.15) is 0 Å². The number of hydrogen-bond acceptors (Lipinski definition) is 0. The van der Waals surface area contributed by atoms with Crippen molar-refractivity contribution in [1.29, 1.82) is 0 Å². The molecule has 0 nitrogen and oxygen atoms in total. The van der Waals surface area contributed by atoms with Crippen LogP contribution in [0.15, 0.2) is 125 Å². The Labute approximate surface area is 236 Å². The van der Waals surface area contributed by atoms with Crippen LogP contribution >= 0.6 is 0 Å². The van der Waals surface area contributed by atoms with Crippen LogP contribution in [-0.4, -0.2) is 5.92 Å². The molecule has 2 aliphatic rings. The zero-order valence-electron chi connectivity index (χ0n) is 20.2. The Hall–Kier alpha value is -1.96. The molecule has 36 heavy (non-hydrogen) atoms. The molecule has 0 atom stereocenters. The number of benzene rings is 4. The molecule has 4 aromatic rings. The van der Waals surface area contributed by atoms with Crippen molar-refractivity contribution in [3.8, 4) is 11.1 Å². The first-order chi connectivity index (χ1) is 16.9. The molecule has 0 bridgehead atoms. The van der Waals surface area contributed by atoms with Gasteiger partial charge < -0.3 is 24.8 Å². The van der Waals surface area contributed by atoms with E-state index in [0.717, 1.165) is 6.42 Å². The Balaban J connectivity index is 0.00000152. The van der Waals surface area contributed by atoms with Crippen molar-refractivity contribution in [3.05, 3.63) is 147 Å². The van der Waals surface area contributed by atoms with Gasteiger partial charge in [0.05, 0.1) is 0 Å². The van der Waals surface area contributed by atoms with Gasteiger partial charge in [-0.25, -0.2) is 0 Å². The Morgan fingerprint density at radius 1 is 0.639 bits per heavy atom. The topological polar surface area (TPSA) is 0 Å².